The molecule has 0 spiro atoms. The molecule has 0 amide bonds. The zero-order valence-corrected chi connectivity index (χ0v) is 14.5. The van der Waals surface area contributed by atoms with Crippen molar-refractivity contribution < 1.29 is 0 Å². The lowest BCUT2D eigenvalue weighted by atomic mass is 10.0. The van der Waals surface area contributed by atoms with Crippen molar-refractivity contribution in [2.24, 2.45) is 0 Å². The number of nitrogen functional groups attached to an aromatic ring is 2. The molecule has 0 aliphatic rings. The highest BCUT2D eigenvalue weighted by Gasteiger charge is 2.18. The Balaban J connectivity index is 1.81. The minimum absolute atomic E-state index is 0.287. The van der Waals surface area contributed by atoms with Crippen molar-refractivity contribution in [3.63, 3.8) is 0 Å². The van der Waals surface area contributed by atoms with Gasteiger partial charge in [0.05, 0.1) is 5.39 Å². The molecule has 0 aliphatic heterocycles. The SMILES string of the molecule is CC(Cn1nc(-c2ccc(N)cc2)c2c(N)ncnc21)c1ccccc1. The van der Waals surface area contributed by atoms with Crippen LogP contribution in [0.4, 0.5) is 11.5 Å². The second-order valence-electron chi connectivity index (χ2n) is 6.42. The quantitative estimate of drug-likeness (QED) is 0.553. The van der Waals surface area contributed by atoms with E-state index in [1.165, 1.54) is 11.9 Å². The number of fused-ring (bicyclic) bond motifs is 1. The lowest BCUT2D eigenvalue weighted by Crippen LogP contribution is -2.08. The normalized spacial score (nSPS) is 12.3. The van der Waals surface area contributed by atoms with Crippen LogP contribution >= 0.6 is 0 Å². The predicted octanol–water partition coefficient (Wildman–Crippen LogP) is 3.46. The van der Waals surface area contributed by atoms with E-state index in [9.17, 15) is 0 Å². The van der Waals surface area contributed by atoms with E-state index in [2.05, 4.69) is 29.0 Å². The molecule has 130 valence electrons. The van der Waals surface area contributed by atoms with Crippen molar-refractivity contribution in [1.82, 2.24) is 19.7 Å². The van der Waals surface area contributed by atoms with Gasteiger partial charge in [0.15, 0.2) is 5.65 Å². The summed E-state index contributed by atoms with van der Waals surface area (Å²) in [5.41, 5.74) is 16.4. The summed E-state index contributed by atoms with van der Waals surface area (Å²) in [6.45, 7) is 2.88. The van der Waals surface area contributed by atoms with Crippen LogP contribution in [0.2, 0.25) is 0 Å². The van der Waals surface area contributed by atoms with Crippen molar-refractivity contribution in [1.29, 1.82) is 0 Å². The number of rotatable bonds is 4. The van der Waals surface area contributed by atoms with E-state index in [1.54, 1.807) is 0 Å². The molecule has 1 unspecified atom stereocenters. The summed E-state index contributed by atoms with van der Waals surface area (Å²) in [4.78, 5) is 8.59. The van der Waals surface area contributed by atoms with Gasteiger partial charge in [-0.25, -0.2) is 14.6 Å². The van der Waals surface area contributed by atoms with E-state index in [-0.39, 0.29) is 5.92 Å². The molecular weight excluding hydrogens is 324 g/mol. The first kappa shape index (κ1) is 16.1. The van der Waals surface area contributed by atoms with E-state index in [4.69, 9.17) is 16.6 Å². The Labute approximate surface area is 151 Å². The van der Waals surface area contributed by atoms with Crippen LogP contribution in [0, 0.1) is 0 Å². The largest absolute Gasteiger partial charge is 0.399 e. The van der Waals surface area contributed by atoms with Gasteiger partial charge in [-0.3, -0.25) is 0 Å². The number of hydrogen-bond acceptors (Lipinski definition) is 5. The van der Waals surface area contributed by atoms with Crippen LogP contribution in [0.3, 0.4) is 0 Å². The monoisotopic (exact) mass is 344 g/mol. The third-order valence-corrected chi connectivity index (χ3v) is 4.56. The van der Waals surface area contributed by atoms with Crippen molar-refractivity contribution in [2.75, 3.05) is 11.5 Å². The number of nitrogens with zero attached hydrogens (tertiary/aromatic N) is 4. The molecule has 2 aromatic carbocycles. The molecule has 2 heterocycles. The first-order chi connectivity index (χ1) is 12.6. The van der Waals surface area contributed by atoms with Crippen LogP contribution < -0.4 is 11.5 Å². The molecular formula is C20H20N6. The third kappa shape index (κ3) is 2.86. The van der Waals surface area contributed by atoms with Crippen LogP contribution in [0.1, 0.15) is 18.4 Å². The van der Waals surface area contributed by atoms with Gasteiger partial charge in [-0.15, -0.1) is 0 Å². The standard InChI is InChI=1S/C20H20N6/c1-13(14-5-3-2-4-6-14)11-26-20-17(19(22)23-12-24-20)18(25-26)15-7-9-16(21)10-8-15/h2-10,12-13H,11,21H2,1H3,(H2,22,23,24). The molecule has 0 saturated heterocycles. The van der Waals surface area contributed by atoms with Crippen LogP contribution in [0.15, 0.2) is 60.9 Å². The van der Waals surface area contributed by atoms with E-state index in [1.807, 2.05) is 47.1 Å². The van der Waals surface area contributed by atoms with Gasteiger partial charge in [0.2, 0.25) is 0 Å². The molecule has 4 aromatic rings. The Morgan fingerprint density at radius 2 is 1.69 bits per heavy atom. The molecule has 4 rings (SSSR count). The van der Waals surface area contributed by atoms with E-state index in [0.29, 0.717) is 18.1 Å². The fourth-order valence-corrected chi connectivity index (χ4v) is 3.15. The zero-order valence-electron chi connectivity index (χ0n) is 14.5. The molecule has 6 heteroatoms. The summed E-state index contributed by atoms with van der Waals surface area (Å²) in [5.74, 6) is 0.718. The summed E-state index contributed by atoms with van der Waals surface area (Å²) in [6.07, 6.45) is 1.48. The Hall–Kier alpha value is -3.41. The Morgan fingerprint density at radius 3 is 2.42 bits per heavy atom. The van der Waals surface area contributed by atoms with Crippen molar-refractivity contribution in [3.05, 3.63) is 66.5 Å². The van der Waals surface area contributed by atoms with E-state index >= 15 is 0 Å². The fraction of sp³-hybridized carbons (Fsp3) is 0.150. The summed E-state index contributed by atoms with van der Waals surface area (Å²) < 4.78 is 1.91. The molecule has 0 saturated carbocycles. The highest BCUT2D eigenvalue weighted by molar-refractivity contribution is 5.98. The number of benzene rings is 2. The first-order valence-corrected chi connectivity index (χ1v) is 8.51. The number of hydrogen-bond donors (Lipinski definition) is 2. The van der Waals surface area contributed by atoms with Crippen LogP contribution in [-0.4, -0.2) is 19.7 Å². The minimum atomic E-state index is 0.287. The molecule has 26 heavy (non-hydrogen) atoms. The summed E-state index contributed by atoms with van der Waals surface area (Å²) in [5, 5.41) is 5.58. The third-order valence-electron chi connectivity index (χ3n) is 4.56. The Morgan fingerprint density at radius 1 is 0.962 bits per heavy atom. The van der Waals surface area contributed by atoms with Crippen molar-refractivity contribution in [3.8, 4) is 11.3 Å². The van der Waals surface area contributed by atoms with E-state index in [0.717, 1.165) is 22.3 Å². The fourth-order valence-electron chi connectivity index (χ4n) is 3.15. The molecule has 4 N–H and O–H groups in total. The summed E-state index contributed by atoms with van der Waals surface area (Å²) in [6, 6.07) is 18.0. The van der Waals surface area contributed by atoms with Crippen LogP contribution in [-0.2, 0) is 6.54 Å². The Bertz CT molecular complexity index is 1040. The van der Waals surface area contributed by atoms with Gasteiger partial charge >= 0.3 is 0 Å². The molecule has 6 nitrogen and oxygen atoms in total. The van der Waals surface area contributed by atoms with Crippen molar-refractivity contribution >= 4 is 22.5 Å². The maximum atomic E-state index is 6.15. The van der Waals surface area contributed by atoms with Crippen LogP contribution in [0.5, 0.6) is 0 Å². The molecule has 0 fully saturated rings. The van der Waals surface area contributed by atoms with Crippen molar-refractivity contribution in [2.45, 2.75) is 19.4 Å². The van der Waals surface area contributed by atoms with Gasteiger partial charge in [-0.05, 0) is 17.7 Å². The molecule has 0 bridgehead atoms. The average Bonchev–Trinajstić information content (AvgIpc) is 3.03. The average molecular weight is 344 g/mol. The lowest BCUT2D eigenvalue weighted by molar-refractivity contribution is 0.556. The van der Waals surface area contributed by atoms with Gasteiger partial charge in [0.1, 0.15) is 17.8 Å². The van der Waals surface area contributed by atoms with Gasteiger partial charge in [0.25, 0.3) is 0 Å². The Kier molecular flexibility index (Phi) is 4.01. The topological polar surface area (TPSA) is 95.6 Å². The summed E-state index contributed by atoms with van der Waals surface area (Å²) >= 11 is 0. The lowest BCUT2D eigenvalue weighted by Gasteiger charge is -2.12. The molecule has 0 radical (unpaired) electrons. The molecule has 1 atom stereocenters. The second kappa shape index (κ2) is 6.48. The van der Waals surface area contributed by atoms with Gasteiger partial charge in [0, 0.05) is 23.7 Å². The van der Waals surface area contributed by atoms with Crippen LogP contribution in [0.25, 0.3) is 22.3 Å². The second-order valence-corrected chi connectivity index (χ2v) is 6.42. The van der Waals surface area contributed by atoms with Gasteiger partial charge in [-0.1, -0.05) is 49.4 Å². The molecule has 0 aliphatic carbocycles. The number of anilines is 2. The molecule has 2 aromatic heterocycles. The number of aromatic nitrogens is 4. The minimum Gasteiger partial charge on any atom is -0.399 e. The zero-order chi connectivity index (χ0) is 18.1. The summed E-state index contributed by atoms with van der Waals surface area (Å²) in [7, 11) is 0. The van der Waals surface area contributed by atoms with Gasteiger partial charge in [-0.2, -0.15) is 5.10 Å². The number of nitrogens with two attached hydrogens (primary N) is 2. The maximum Gasteiger partial charge on any atom is 0.163 e. The highest BCUT2D eigenvalue weighted by atomic mass is 15.3. The first-order valence-electron chi connectivity index (χ1n) is 8.51. The van der Waals surface area contributed by atoms with Gasteiger partial charge < -0.3 is 11.5 Å². The van der Waals surface area contributed by atoms with E-state index < -0.39 is 0 Å². The highest BCUT2D eigenvalue weighted by Crippen LogP contribution is 2.31. The smallest absolute Gasteiger partial charge is 0.163 e. The predicted molar refractivity (Wildman–Crippen MR) is 104 cm³/mol. The maximum absolute atomic E-state index is 6.15.